The second-order valence-corrected chi connectivity index (χ2v) is 6.05. The predicted octanol–water partition coefficient (Wildman–Crippen LogP) is 2.63. The molecule has 0 amide bonds. The van der Waals surface area contributed by atoms with Crippen molar-refractivity contribution >= 4 is 0 Å². The Balaban J connectivity index is 1.83. The maximum atomic E-state index is 6.05. The van der Waals surface area contributed by atoms with E-state index in [-0.39, 0.29) is 0 Å². The third-order valence-electron chi connectivity index (χ3n) is 4.11. The van der Waals surface area contributed by atoms with Crippen molar-refractivity contribution < 1.29 is 0 Å². The second-order valence-electron chi connectivity index (χ2n) is 6.05. The standard InChI is InChI=1S/C16H26N2/c1-12(2)15-6-4-14(5-7-15)8-9-18-10-13(3)16(17)11-18/h4-7,12-13,16H,8-11,17H2,1-3H3. The average molecular weight is 246 g/mol. The lowest BCUT2D eigenvalue weighted by atomic mass is 10.0. The molecule has 1 aromatic carbocycles. The van der Waals surface area contributed by atoms with Crippen molar-refractivity contribution in [1.82, 2.24) is 4.90 Å². The lowest BCUT2D eigenvalue weighted by Gasteiger charge is -2.15. The molecule has 1 saturated heterocycles. The minimum absolute atomic E-state index is 0.369. The fourth-order valence-corrected chi connectivity index (χ4v) is 2.63. The van der Waals surface area contributed by atoms with E-state index in [4.69, 9.17) is 5.73 Å². The van der Waals surface area contributed by atoms with Gasteiger partial charge in [0.2, 0.25) is 0 Å². The van der Waals surface area contributed by atoms with Gasteiger partial charge in [-0.25, -0.2) is 0 Å². The van der Waals surface area contributed by atoms with Gasteiger partial charge in [0, 0.05) is 25.7 Å². The van der Waals surface area contributed by atoms with Crippen molar-refractivity contribution in [2.24, 2.45) is 11.7 Å². The molecule has 0 aromatic heterocycles. The molecule has 0 saturated carbocycles. The molecule has 1 heterocycles. The highest BCUT2D eigenvalue weighted by Gasteiger charge is 2.25. The Labute approximate surface area is 111 Å². The first-order chi connectivity index (χ1) is 8.56. The topological polar surface area (TPSA) is 29.3 Å². The molecule has 2 unspecified atom stereocenters. The van der Waals surface area contributed by atoms with Gasteiger partial charge < -0.3 is 10.6 Å². The summed E-state index contributed by atoms with van der Waals surface area (Å²) in [5.41, 5.74) is 8.91. The number of benzene rings is 1. The van der Waals surface area contributed by atoms with Gasteiger partial charge in [0.25, 0.3) is 0 Å². The van der Waals surface area contributed by atoms with Gasteiger partial charge >= 0.3 is 0 Å². The third kappa shape index (κ3) is 3.33. The number of hydrogen-bond donors (Lipinski definition) is 1. The van der Waals surface area contributed by atoms with Crippen LogP contribution in [0.15, 0.2) is 24.3 Å². The highest BCUT2D eigenvalue weighted by molar-refractivity contribution is 5.24. The van der Waals surface area contributed by atoms with Gasteiger partial charge in [0.15, 0.2) is 0 Å². The van der Waals surface area contributed by atoms with Gasteiger partial charge in [0.05, 0.1) is 0 Å². The molecule has 18 heavy (non-hydrogen) atoms. The quantitative estimate of drug-likeness (QED) is 0.885. The first kappa shape index (κ1) is 13.6. The fourth-order valence-electron chi connectivity index (χ4n) is 2.63. The summed E-state index contributed by atoms with van der Waals surface area (Å²) in [5.74, 6) is 1.27. The summed E-state index contributed by atoms with van der Waals surface area (Å²) in [4.78, 5) is 2.49. The number of likely N-dealkylation sites (tertiary alicyclic amines) is 1. The number of nitrogens with zero attached hydrogens (tertiary/aromatic N) is 1. The van der Waals surface area contributed by atoms with E-state index in [9.17, 15) is 0 Å². The van der Waals surface area contributed by atoms with E-state index in [2.05, 4.69) is 49.9 Å². The maximum absolute atomic E-state index is 6.05. The van der Waals surface area contributed by atoms with Crippen molar-refractivity contribution in [3.8, 4) is 0 Å². The zero-order valence-electron chi connectivity index (χ0n) is 11.9. The Morgan fingerprint density at radius 1 is 1.22 bits per heavy atom. The lowest BCUT2D eigenvalue weighted by molar-refractivity contribution is 0.331. The molecule has 1 aromatic rings. The van der Waals surface area contributed by atoms with Crippen LogP contribution in [0, 0.1) is 5.92 Å². The smallest absolute Gasteiger partial charge is 0.0206 e. The molecule has 100 valence electrons. The summed E-state index contributed by atoms with van der Waals surface area (Å²) >= 11 is 0. The van der Waals surface area contributed by atoms with E-state index >= 15 is 0 Å². The second kappa shape index (κ2) is 5.85. The van der Waals surface area contributed by atoms with Crippen molar-refractivity contribution in [2.45, 2.75) is 39.2 Å². The van der Waals surface area contributed by atoms with Crippen LogP contribution in [0.3, 0.4) is 0 Å². The number of nitrogens with two attached hydrogens (primary N) is 1. The normalized spacial score (nSPS) is 24.9. The molecule has 1 aliphatic heterocycles. The molecular weight excluding hydrogens is 220 g/mol. The van der Waals surface area contributed by atoms with Crippen LogP contribution in [0.2, 0.25) is 0 Å². The molecule has 2 rings (SSSR count). The summed E-state index contributed by atoms with van der Waals surface area (Å²) in [6.07, 6.45) is 1.14. The Morgan fingerprint density at radius 3 is 2.39 bits per heavy atom. The molecule has 2 N–H and O–H groups in total. The third-order valence-corrected chi connectivity index (χ3v) is 4.11. The van der Waals surface area contributed by atoms with Gasteiger partial charge in [-0.2, -0.15) is 0 Å². The average Bonchev–Trinajstić information content (AvgIpc) is 2.67. The van der Waals surface area contributed by atoms with Gasteiger partial charge in [0.1, 0.15) is 0 Å². The summed E-state index contributed by atoms with van der Waals surface area (Å²) in [5, 5.41) is 0. The van der Waals surface area contributed by atoms with Gasteiger partial charge in [-0.15, -0.1) is 0 Å². The van der Waals surface area contributed by atoms with Crippen LogP contribution in [0.5, 0.6) is 0 Å². The van der Waals surface area contributed by atoms with Crippen LogP contribution < -0.4 is 5.73 Å². The minimum atomic E-state index is 0.369. The summed E-state index contributed by atoms with van der Waals surface area (Å²) < 4.78 is 0. The molecule has 2 nitrogen and oxygen atoms in total. The molecule has 0 radical (unpaired) electrons. The summed E-state index contributed by atoms with van der Waals surface area (Å²) in [7, 11) is 0. The number of rotatable bonds is 4. The van der Waals surface area contributed by atoms with Crippen LogP contribution in [0.1, 0.15) is 37.8 Å². The van der Waals surface area contributed by atoms with E-state index in [1.807, 2.05) is 0 Å². The van der Waals surface area contributed by atoms with E-state index < -0.39 is 0 Å². The number of hydrogen-bond acceptors (Lipinski definition) is 2. The Kier molecular flexibility index (Phi) is 4.41. The van der Waals surface area contributed by atoms with Crippen LogP contribution in [0.4, 0.5) is 0 Å². The van der Waals surface area contributed by atoms with E-state index in [0.29, 0.717) is 17.9 Å². The largest absolute Gasteiger partial charge is 0.326 e. The van der Waals surface area contributed by atoms with Crippen LogP contribution in [0.25, 0.3) is 0 Å². The van der Waals surface area contributed by atoms with E-state index in [1.165, 1.54) is 11.1 Å². The Morgan fingerprint density at radius 2 is 1.89 bits per heavy atom. The first-order valence-corrected chi connectivity index (χ1v) is 7.13. The van der Waals surface area contributed by atoms with Crippen LogP contribution in [-0.2, 0) is 6.42 Å². The summed E-state index contributed by atoms with van der Waals surface area (Å²) in [6.45, 7) is 10.1. The van der Waals surface area contributed by atoms with E-state index in [1.54, 1.807) is 0 Å². The van der Waals surface area contributed by atoms with Crippen molar-refractivity contribution in [3.63, 3.8) is 0 Å². The molecule has 1 fully saturated rings. The van der Waals surface area contributed by atoms with Crippen LogP contribution >= 0.6 is 0 Å². The van der Waals surface area contributed by atoms with Gasteiger partial charge in [-0.1, -0.05) is 45.0 Å². The first-order valence-electron chi connectivity index (χ1n) is 7.13. The minimum Gasteiger partial charge on any atom is -0.326 e. The molecule has 1 aliphatic rings. The highest BCUT2D eigenvalue weighted by Crippen LogP contribution is 2.17. The zero-order chi connectivity index (χ0) is 13.1. The van der Waals surface area contributed by atoms with Gasteiger partial charge in [-0.05, 0) is 29.4 Å². The SMILES string of the molecule is CC(C)c1ccc(CCN2CC(C)C(N)C2)cc1. The Hall–Kier alpha value is -0.860. The zero-order valence-corrected chi connectivity index (χ0v) is 11.9. The molecule has 0 bridgehead atoms. The maximum Gasteiger partial charge on any atom is 0.0206 e. The van der Waals surface area contributed by atoms with Crippen molar-refractivity contribution in [2.75, 3.05) is 19.6 Å². The molecular formula is C16H26N2. The van der Waals surface area contributed by atoms with E-state index in [0.717, 1.165) is 26.1 Å². The van der Waals surface area contributed by atoms with Crippen molar-refractivity contribution in [3.05, 3.63) is 35.4 Å². The summed E-state index contributed by atoms with van der Waals surface area (Å²) in [6, 6.07) is 9.44. The predicted molar refractivity (Wildman–Crippen MR) is 77.8 cm³/mol. The molecule has 0 aliphatic carbocycles. The van der Waals surface area contributed by atoms with Crippen LogP contribution in [-0.4, -0.2) is 30.6 Å². The molecule has 2 atom stereocenters. The fraction of sp³-hybridized carbons (Fsp3) is 0.625. The van der Waals surface area contributed by atoms with Gasteiger partial charge in [-0.3, -0.25) is 0 Å². The molecule has 2 heteroatoms. The highest BCUT2D eigenvalue weighted by atomic mass is 15.2. The monoisotopic (exact) mass is 246 g/mol. The molecule has 0 spiro atoms. The van der Waals surface area contributed by atoms with Crippen molar-refractivity contribution in [1.29, 1.82) is 0 Å². The lowest BCUT2D eigenvalue weighted by Crippen LogP contribution is -2.29. The Bertz CT molecular complexity index is 359.